The molecule has 0 atom stereocenters. The number of rotatable bonds is 5. The molecule has 0 spiro atoms. The van der Waals surface area contributed by atoms with Crippen molar-refractivity contribution in [3.05, 3.63) is 57.1 Å². The van der Waals surface area contributed by atoms with Gasteiger partial charge in [0.1, 0.15) is 5.75 Å². The van der Waals surface area contributed by atoms with Gasteiger partial charge in [0.05, 0.1) is 36.9 Å². The number of ether oxygens (including phenoxy) is 3. The molecule has 2 aromatic heterocycles. The van der Waals surface area contributed by atoms with E-state index < -0.39 is 0 Å². The summed E-state index contributed by atoms with van der Waals surface area (Å²) >= 11 is 0. The van der Waals surface area contributed by atoms with Gasteiger partial charge in [0.15, 0.2) is 0 Å². The first-order valence-corrected chi connectivity index (χ1v) is 12.9. The molecule has 2 fully saturated rings. The molecular weight excluding hydrogens is 529 g/mol. The number of H-pyrrole nitrogens is 1. The lowest BCUT2D eigenvalue weighted by molar-refractivity contribution is 0.0335. The highest BCUT2D eigenvalue weighted by atomic mass is 35.5. The first-order chi connectivity index (χ1) is 17.7. The van der Waals surface area contributed by atoms with Crippen molar-refractivity contribution >= 4 is 41.7 Å². The number of methoxy groups -OCH3 is 1. The fourth-order valence-corrected chi connectivity index (χ4v) is 5.72. The van der Waals surface area contributed by atoms with Crippen LogP contribution in [0.3, 0.4) is 0 Å². The lowest BCUT2D eigenvalue weighted by Gasteiger charge is -2.32. The van der Waals surface area contributed by atoms with Gasteiger partial charge in [-0.05, 0) is 54.0 Å². The fourth-order valence-electron chi connectivity index (χ4n) is 5.72. The SMILES string of the molecule is COc1cc(C2CCOCC2)c2c(=O)[nH]c(N3CCc4c(ccnc4CN4CCOCC4)C3)nc2c1.Cl.Cl. The van der Waals surface area contributed by atoms with Gasteiger partial charge < -0.3 is 19.1 Å². The van der Waals surface area contributed by atoms with Crippen molar-refractivity contribution < 1.29 is 14.2 Å². The second-order valence-corrected chi connectivity index (χ2v) is 9.84. The van der Waals surface area contributed by atoms with Crippen molar-refractivity contribution in [2.24, 2.45) is 0 Å². The molecule has 5 heterocycles. The lowest BCUT2D eigenvalue weighted by Crippen LogP contribution is -2.37. The summed E-state index contributed by atoms with van der Waals surface area (Å²) in [4.78, 5) is 30.7. The Balaban J connectivity index is 0.00000168. The Morgan fingerprint density at radius 3 is 2.61 bits per heavy atom. The van der Waals surface area contributed by atoms with Gasteiger partial charge in [-0.3, -0.25) is 19.7 Å². The maximum Gasteiger partial charge on any atom is 0.260 e. The van der Waals surface area contributed by atoms with Crippen LogP contribution < -0.4 is 15.2 Å². The third-order valence-electron chi connectivity index (χ3n) is 7.71. The molecular formula is C27H35Cl2N5O4. The number of anilines is 1. The molecule has 0 bridgehead atoms. The number of halogens is 2. The van der Waals surface area contributed by atoms with E-state index >= 15 is 0 Å². The van der Waals surface area contributed by atoms with Crippen LogP contribution in [-0.4, -0.2) is 73.0 Å². The quantitative estimate of drug-likeness (QED) is 0.504. The molecule has 0 unspecified atom stereocenters. The van der Waals surface area contributed by atoms with E-state index in [0.29, 0.717) is 36.6 Å². The first-order valence-electron chi connectivity index (χ1n) is 12.9. The highest BCUT2D eigenvalue weighted by Gasteiger charge is 2.25. The van der Waals surface area contributed by atoms with Crippen LogP contribution in [0.5, 0.6) is 5.75 Å². The molecule has 2 saturated heterocycles. The number of aromatic amines is 1. The van der Waals surface area contributed by atoms with Crippen LogP contribution in [0.1, 0.15) is 41.1 Å². The zero-order valence-corrected chi connectivity index (χ0v) is 23.2. The highest BCUT2D eigenvalue weighted by Crippen LogP contribution is 2.34. The van der Waals surface area contributed by atoms with Crippen LogP contribution in [0, 0.1) is 0 Å². The summed E-state index contributed by atoms with van der Waals surface area (Å²) in [6.45, 7) is 7.20. The van der Waals surface area contributed by atoms with Crippen LogP contribution >= 0.6 is 24.8 Å². The van der Waals surface area contributed by atoms with E-state index in [2.05, 4.69) is 20.9 Å². The van der Waals surface area contributed by atoms with E-state index in [4.69, 9.17) is 24.2 Å². The number of fused-ring (bicyclic) bond motifs is 2. The average molecular weight is 565 g/mol. The molecule has 6 rings (SSSR count). The number of aromatic nitrogens is 3. The van der Waals surface area contributed by atoms with E-state index in [9.17, 15) is 4.79 Å². The normalized spacial score (nSPS) is 18.4. The monoisotopic (exact) mass is 563 g/mol. The zero-order chi connectivity index (χ0) is 24.5. The minimum absolute atomic E-state index is 0. The summed E-state index contributed by atoms with van der Waals surface area (Å²) < 4.78 is 16.6. The Morgan fingerprint density at radius 2 is 1.84 bits per heavy atom. The van der Waals surface area contributed by atoms with Gasteiger partial charge in [0, 0.05) is 58.2 Å². The summed E-state index contributed by atoms with van der Waals surface area (Å²) in [5, 5.41) is 0.667. The van der Waals surface area contributed by atoms with Crippen molar-refractivity contribution in [3.8, 4) is 5.75 Å². The third-order valence-corrected chi connectivity index (χ3v) is 7.71. The molecule has 1 aromatic carbocycles. The Morgan fingerprint density at radius 1 is 1.08 bits per heavy atom. The van der Waals surface area contributed by atoms with Gasteiger partial charge in [-0.25, -0.2) is 4.98 Å². The predicted molar refractivity (Wildman–Crippen MR) is 151 cm³/mol. The van der Waals surface area contributed by atoms with Gasteiger partial charge in [-0.15, -0.1) is 24.8 Å². The molecule has 3 aromatic rings. The Bertz CT molecular complexity index is 1310. The number of benzene rings is 1. The van der Waals surface area contributed by atoms with Gasteiger partial charge >= 0.3 is 0 Å². The molecule has 0 saturated carbocycles. The van der Waals surface area contributed by atoms with Crippen molar-refractivity contribution in [1.82, 2.24) is 19.9 Å². The number of nitrogens with one attached hydrogen (secondary N) is 1. The fraction of sp³-hybridized carbons (Fsp3) is 0.519. The summed E-state index contributed by atoms with van der Waals surface area (Å²) in [5.41, 5.74) is 5.33. The van der Waals surface area contributed by atoms with Crippen LogP contribution in [0.2, 0.25) is 0 Å². The van der Waals surface area contributed by atoms with Gasteiger partial charge in [-0.2, -0.15) is 0 Å². The molecule has 1 N–H and O–H groups in total. The largest absolute Gasteiger partial charge is 0.497 e. The average Bonchev–Trinajstić information content (AvgIpc) is 2.93. The number of morpholine rings is 1. The summed E-state index contributed by atoms with van der Waals surface area (Å²) in [7, 11) is 1.66. The van der Waals surface area contributed by atoms with Crippen molar-refractivity contribution in [2.75, 3.05) is 58.1 Å². The van der Waals surface area contributed by atoms with Crippen LogP contribution in [0.4, 0.5) is 5.95 Å². The van der Waals surface area contributed by atoms with E-state index in [-0.39, 0.29) is 36.3 Å². The van der Waals surface area contributed by atoms with E-state index in [1.807, 2.05) is 18.3 Å². The molecule has 0 amide bonds. The molecule has 3 aliphatic rings. The van der Waals surface area contributed by atoms with Crippen LogP contribution in [0.15, 0.2) is 29.2 Å². The third kappa shape index (κ3) is 5.77. The van der Waals surface area contributed by atoms with E-state index in [1.54, 1.807) is 7.11 Å². The van der Waals surface area contributed by atoms with E-state index in [1.165, 1.54) is 11.1 Å². The first kappa shape index (κ1) is 28.6. The minimum atomic E-state index is -0.0901. The molecule has 0 aliphatic carbocycles. The molecule has 3 aliphatic heterocycles. The molecule has 0 radical (unpaired) electrons. The zero-order valence-electron chi connectivity index (χ0n) is 21.6. The Kier molecular flexibility index (Phi) is 9.49. The second kappa shape index (κ2) is 12.6. The van der Waals surface area contributed by atoms with Crippen LogP contribution in [0.25, 0.3) is 10.9 Å². The highest BCUT2D eigenvalue weighted by molar-refractivity contribution is 5.86. The van der Waals surface area contributed by atoms with Crippen LogP contribution in [-0.2, 0) is 29.0 Å². The smallest absolute Gasteiger partial charge is 0.260 e. The molecule has 206 valence electrons. The molecule has 11 heteroatoms. The predicted octanol–water partition coefficient (Wildman–Crippen LogP) is 3.46. The van der Waals surface area contributed by atoms with Gasteiger partial charge in [0.25, 0.3) is 5.56 Å². The number of hydrogen-bond donors (Lipinski definition) is 1. The minimum Gasteiger partial charge on any atom is -0.497 e. The Labute approximate surface area is 234 Å². The number of hydrogen-bond acceptors (Lipinski definition) is 8. The topological polar surface area (TPSA) is 92.8 Å². The lowest BCUT2D eigenvalue weighted by atomic mass is 9.89. The maximum atomic E-state index is 13.4. The Hall–Kier alpha value is -2.43. The standard InChI is InChI=1S/C27H33N5O4.2ClH/c1-34-20-14-22(18-4-10-35-11-5-18)25-23(15-20)29-27(30-26(25)33)32-7-3-21-19(16-32)2-6-28-24(21)17-31-8-12-36-13-9-31;;/h2,6,14-15,18H,3-5,7-13,16-17H2,1H3,(H,29,30,33);2*1H. The number of pyridine rings is 1. The van der Waals surface area contributed by atoms with Gasteiger partial charge in [0.2, 0.25) is 5.95 Å². The van der Waals surface area contributed by atoms with E-state index in [0.717, 1.165) is 75.7 Å². The summed E-state index contributed by atoms with van der Waals surface area (Å²) in [6.07, 6.45) is 4.57. The van der Waals surface area contributed by atoms with Crippen molar-refractivity contribution in [2.45, 2.75) is 38.3 Å². The van der Waals surface area contributed by atoms with Crippen molar-refractivity contribution in [3.63, 3.8) is 0 Å². The summed E-state index contributed by atoms with van der Waals surface area (Å²) in [6, 6.07) is 5.96. The summed E-state index contributed by atoms with van der Waals surface area (Å²) in [5.74, 6) is 1.61. The number of nitrogens with zero attached hydrogens (tertiary/aromatic N) is 4. The molecule has 38 heavy (non-hydrogen) atoms. The molecule has 9 nitrogen and oxygen atoms in total. The van der Waals surface area contributed by atoms with Gasteiger partial charge in [-0.1, -0.05) is 0 Å². The maximum absolute atomic E-state index is 13.4. The van der Waals surface area contributed by atoms with Crippen molar-refractivity contribution in [1.29, 1.82) is 0 Å². The second-order valence-electron chi connectivity index (χ2n) is 9.84.